The Morgan fingerprint density at radius 3 is 2.60 bits per heavy atom. The highest BCUT2D eigenvalue weighted by Crippen LogP contribution is 2.07. The molecule has 0 bridgehead atoms. The van der Waals surface area contributed by atoms with Gasteiger partial charge < -0.3 is 10.2 Å². The van der Waals surface area contributed by atoms with E-state index in [2.05, 4.69) is 29.8 Å². The van der Waals surface area contributed by atoms with Crippen LogP contribution in [0.15, 0.2) is 47.8 Å². The third kappa shape index (κ3) is 3.92. The summed E-state index contributed by atoms with van der Waals surface area (Å²) in [7, 11) is 0. The molecule has 2 atom stereocenters. The fourth-order valence-electron chi connectivity index (χ4n) is 2.18. The molecule has 20 heavy (non-hydrogen) atoms. The van der Waals surface area contributed by atoms with Crippen molar-refractivity contribution in [2.75, 3.05) is 11.9 Å². The van der Waals surface area contributed by atoms with Crippen LogP contribution in [0, 0.1) is 0 Å². The Hall–Kier alpha value is -1.65. The highest BCUT2D eigenvalue weighted by atomic mass is 32.1. The molecule has 0 saturated heterocycles. The molecule has 1 aromatic carbocycles. The first-order chi connectivity index (χ1) is 9.70. The molecule has 3 nitrogen and oxygen atoms in total. The fourth-order valence-corrected chi connectivity index (χ4v) is 2.94. The van der Waals surface area contributed by atoms with Crippen LogP contribution in [0.25, 0.3) is 0 Å². The molecular formula is C16H21N2OS+. The SMILES string of the molecule is CC[NH+](Cc1cccs1)[C@@H](C)C(=O)Nc1ccccc1. The summed E-state index contributed by atoms with van der Waals surface area (Å²) in [6.07, 6.45) is 0. The Morgan fingerprint density at radius 1 is 1.25 bits per heavy atom. The van der Waals surface area contributed by atoms with Crippen LogP contribution < -0.4 is 10.2 Å². The third-order valence-corrected chi connectivity index (χ3v) is 4.36. The number of carbonyl (C=O) groups excluding carboxylic acids is 1. The number of likely N-dealkylation sites (N-methyl/N-ethyl adjacent to an activating group) is 1. The molecule has 0 saturated carbocycles. The number of hydrogen-bond donors (Lipinski definition) is 2. The molecule has 0 spiro atoms. The summed E-state index contributed by atoms with van der Waals surface area (Å²) < 4.78 is 0. The first kappa shape index (κ1) is 14.8. The molecule has 0 radical (unpaired) electrons. The molecule has 1 unspecified atom stereocenters. The van der Waals surface area contributed by atoms with Gasteiger partial charge in [0.25, 0.3) is 5.91 Å². The molecule has 2 rings (SSSR count). The standard InChI is InChI=1S/C16H20N2OS/c1-3-18(12-15-10-7-11-20-15)13(2)16(19)17-14-8-5-4-6-9-14/h4-11,13H,3,12H2,1-2H3,(H,17,19)/p+1/t13-/m0/s1. The highest BCUT2D eigenvalue weighted by molar-refractivity contribution is 7.09. The molecular weight excluding hydrogens is 268 g/mol. The van der Waals surface area contributed by atoms with Crippen LogP contribution >= 0.6 is 11.3 Å². The van der Waals surface area contributed by atoms with E-state index in [1.54, 1.807) is 11.3 Å². The maximum atomic E-state index is 12.3. The van der Waals surface area contributed by atoms with Crippen molar-refractivity contribution >= 4 is 22.9 Å². The van der Waals surface area contributed by atoms with E-state index in [0.29, 0.717) is 0 Å². The van der Waals surface area contributed by atoms with Gasteiger partial charge in [-0.05, 0) is 37.4 Å². The number of rotatable bonds is 6. The minimum Gasteiger partial charge on any atom is -0.321 e. The molecule has 0 aliphatic heterocycles. The smallest absolute Gasteiger partial charge is 0.282 e. The minimum absolute atomic E-state index is 0.0673. The van der Waals surface area contributed by atoms with E-state index in [1.165, 1.54) is 9.78 Å². The van der Waals surface area contributed by atoms with Crippen LogP contribution in [0.5, 0.6) is 0 Å². The second kappa shape index (κ2) is 7.22. The number of benzene rings is 1. The number of quaternary nitrogens is 1. The summed E-state index contributed by atoms with van der Waals surface area (Å²) >= 11 is 1.75. The number of hydrogen-bond acceptors (Lipinski definition) is 2. The van der Waals surface area contributed by atoms with Gasteiger partial charge in [0, 0.05) is 5.69 Å². The zero-order valence-electron chi connectivity index (χ0n) is 11.9. The van der Waals surface area contributed by atoms with Crippen molar-refractivity contribution in [1.29, 1.82) is 0 Å². The third-order valence-electron chi connectivity index (χ3n) is 3.48. The Bertz CT molecular complexity index is 525. The van der Waals surface area contributed by atoms with Crippen LogP contribution in [0.2, 0.25) is 0 Å². The van der Waals surface area contributed by atoms with E-state index < -0.39 is 0 Å². The minimum atomic E-state index is -0.0673. The number of thiophene rings is 1. The summed E-state index contributed by atoms with van der Waals surface area (Å²) in [6.45, 7) is 5.94. The van der Waals surface area contributed by atoms with Gasteiger partial charge in [0.2, 0.25) is 0 Å². The van der Waals surface area contributed by atoms with Crippen LogP contribution in [0.1, 0.15) is 18.7 Å². The number of amides is 1. The maximum Gasteiger partial charge on any atom is 0.282 e. The van der Waals surface area contributed by atoms with Crippen molar-refractivity contribution < 1.29 is 9.69 Å². The summed E-state index contributed by atoms with van der Waals surface area (Å²) in [6, 6.07) is 13.7. The molecule has 4 heteroatoms. The van der Waals surface area contributed by atoms with E-state index >= 15 is 0 Å². The van der Waals surface area contributed by atoms with Crippen molar-refractivity contribution in [3.05, 3.63) is 52.7 Å². The number of anilines is 1. The summed E-state index contributed by atoms with van der Waals surface area (Å²) in [5.74, 6) is 0.0737. The van der Waals surface area contributed by atoms with Gasteiger partial charge in [-0.3, -0.25) is 4.79 Å². The quantitative estimate of drug-likeness (QED) is 0.839. The second-order valence-corrected chi connectivity index (χ2v) is 5.88. The molecule has 1 heterocycles. The Morgan fingerprint density at radius 2 is 2.00 bits per heavy atom. The van der Waals surface area contributed by atoms with E-state index in [9.17, 15) is 4.79 Å². The van der Waals surface area contributed by atoms with Gasteiger partial charge in [0.15, 0.2) is 6.04 Å². The predicted molar refractivity (Wildman–Crippen MR) is 84.1 cm³/mol. The monoisotopic (exact) mass is 289 g/mol. The van der Waals surface area contributed by atoms with E-state index in [1.807, 2.05) is 37.3 Å². The fraction of sp³-hybridized carbons (Fsp3) is 0.312. The van der Waals surface area contributed by atoms with Gasteiger partial charge in [-0.15, -0.1) is 11.3 Å². The Labute approximate surface area is 124 Å². The molecule has 2 N–H and O–H groups in total. The van der Waals surface area contributed by atoms with Crippen LogP contribution in [-0.2, 0) is 11.3 Å². The van der Waals surface area contributed by atoms with Crippen molar-refractivity contribution in [3.8, 4) is 0 Å². The Balaban J connectivity index is 1.97. The topological polar surface area (TPSA) is 33.5 Å². The van der Waals surface area contributed by atoms with Crippen molar-refractivity contribution in [3.63, 3.8) is 0 Å². The largest absolute Gasteiger partial charge is 0.321 e. The first-order valence-corrected chi connectivity index (χ1v) is 7.81. The lowest BCUT2D eigenvalue weighted by Gasteiger charge is -2.23. The van der Waals surface area contributed by atoms with Gasteiger partial charge in [-0.25, -0.2) is 0 Å². The maximum absolute atomic E-state index is 12.3. The van der Waals surface area contributed by atoms with Crippen molar-refractivity contribution in [1.82, 2.24) is 0 Å². The lowest BCUT2D eigenvalue weighted by Crippen LogP contribution is -3.15. The van der Waals surface area contributed by atoms with Gasteiger partial charge in [-0.2, -0.15) is 0 Å². The zero-order valence-corrected chi connectivity index (χ0v) is 12.7. The van der Waals surface area contributed by atoms with Crippen LogP contribution in [0.4, 0.5) is 5.69 Å². The zero-order chi connectivity index (χ0) is 14.4. The van der Waals surface area contributed by atoms with E-state index in [-0.39, 0.29) is 11.9 Å². The highest BCUT2D eigenvalue weighted by Gasteiger charge is 2.24. The van der Waals surface area contributed by atoms with Gasteiger partial charge in [0.05, 0.1) is 11.4 Å². The summed E-state index contributed by atoms with van der Waals surface area (Å²) in [5.41, 5.74) is 0.857. The summed E-state index contributed by atoms with van der Waals surface area (Å²) in [5, 5.41) is 5.06. The van der Waals surface area contributed by atoms with Gasteiger partial charge in [0.1, 0.15) is 6.54 Å². The summed E-state index contributed by atoms with van der Waals surface area (Å²) in [4.78, 5) is 14.9. The molecule has 0 aliphatic rings. The molecule has 0 aliphatic carbocycles. The van der Waals surface area contributed by atoms with Gasteiger partial charge >= 0.3 is 0 Å². The molecule has 1 aromatic heterocycles. The molecule has 0 fully saturated rings. The predicted octanol–water partition coefficient (Wildman–Crippen LogP) is 2.18. The first-order valence-electron chi connectivity index (χ1n) is 6.93. The average Bonchev–Trinajstić information content (AvgIpc) is 2.98. The number of nitrogens with one attached hydrogen (secondary N) is 2. The van der Waals surface area contributed by atoms with Crippen molar-refractivity contribution in [2.45, 2.75) is 26.4 Å². The average molecular weight is 289 g/mol. The Kier molecular flexibility index (Phi) is 5.32. The van der Waals surface area contributed by atoms with E-state index in [4.69, 9.17) is 0 Å². The normalized spacial score (nSPS) is 13.7. The van der Waals surface area contributed by atoms with Crippen LogP contribution in [0.3, 0.4) is 0 Å². The van der Waals surface area contributed by atoms with Crippen LogP contribution in [-0.4, -0.2) is 18.5 Å². The van der Waals surface area contributed by atoms with E-state index in [0.717, 1.165) is 18.8 Å². The number of para-hydroxylation sites is 1. The van der Waals surface area contributed by atoms with Crippen molar-refractivity contribution in [2.24, 2.45) is 0 Å². The lowest BCUT2D eigenvalue weighted by molar-refractivity contribution is -0.925. The molecule has 106 valence electrons. The van der Waals surface area contributed by atoms with Gasteiger partial charge in [-0.1, -0.05) is 24.3 Å². The lowest BCUT2D eigenvalue weighted by atomic mass is 10.2. The molecule has 2 aromatic rings. The molecule has 1 amide bonds. The second-order valence-electron chi connectivity index (χ2n) is 4.84. The number of carbonyl (C=O) groups is 1.